The molecule has 202 valence electrons. The number of nitrogens with one attached hydrogen (secondary N) is 3. The maximum atomic E-state index is 13.4. The molecule has 6 fully saturated rings. The van der Waals surface area contributed by atoms with Gasteiger partial charge in [-0.2, -0.15) is 5.10 Å². The van der Waals surface area contributed by atoms with Crippen molar-refractivity contribution >= 4 is 34.5 Å². The zero-order valence-corrected chi connectivity index (χ0v) is 21.7. The van der Waals surface area contributed by atoms with E-state index in [0.29, 0.717) is 58.8 Å². The highest BCUT2D eigenvalue weighted by atomic mass is 16.4. The summed E-state index contributed by atoms with van der Waals surface area (Å²) in [7, 11) is 1.62. The summed E-state index contributed by atoms with van der Waals surface area (Å²) >= 11 is 0. The van der Waals surface area contributed by atoms with E-state index >= 15 is 0 Å². The van der Waals surface area contributed by atoms with Crippen LogP contribution in [0.2, 0.25) is 0 Å². The van der Waals surface area contributed by atoms with Crippen molar-refractivity contribution in [3.05, 3.63) is 64.0 Å². The van der Waals surface area contributed by atoms with E-state index in [9.17, 15) is 19.2 Å². The molecular weight excluding hydrogens is 514 g/mol. The minimum absolute atomic E-state index is 0.0600. The molecule has 6 saturated carbocycles. The Morgan fingerprint density at radius 2 is 1.75 bits per heavy atom. The van der Waals surface area contributed by atoms with Gasteiger partial charge < -0.3 is 20.4 Å². The topological polar surface area (TPSA) is 153 Å². The van der Waals surface area contributed by atoms with Crippen molar-refractivity contribution in [3.63, 3.8) is 0 Å². The third kappa shape index (κ3) is 2.21. The van der Waals surface area contributed by atoms with Crippen LogP contribution in [0.3, 0.4) is 0 Å². The van der Waals surface area contributed by atoms with Crippen LogP contribution in [-0.4, -0.2) is 49.0 Å². The molecule has 4 aromatic rings. The second-order valence-corrected chi connectivity index (χ2v) is 12.1. The van der Waals surface area contributed by atoms with Gasteiger partial charge in [-0.15, -0.1) is 0 Å². The normalized spacial score (nSPS) is 34.5. The number of amides is 3. The van der Waals surface area contributed by atoms with Crippen molar-refractivity contribution in [1.82, 2.24) is 35.1 Å². The lowest BCUT2D eigenvalue weighted by atomic mass is 8.94. The second kappa shape index (κ2) is 6.80. The van der Waals surface area contributed by atoms with E-state index in [0.717, 1.165) is 5.56 Å². The fourth-order valence-corrected chi connectivity index (χ4v) is 9.73. The number of carbonyl (C=O) groups excluding carboxylic acids is 3. The molecule has 1 aromatic carbocycles. The lowest BCUT2D eigenvalue weighted by Gasteiger charge is -3.11. The van der Waals surface area contributed by atoms with Crippen LogP contribution < -0.4 is 21.7 Å². The minimum atomic E-state index is -0.450. The number of nitrogens with zero attached hydrogens (tertiary/aromatic N) is 4. The summed E-state index contributed by atoms with van der Waals surface area (Å²) in [6.07, 6.45) is 1.55. The number of fused-ring (bicyclic) bond motifs is 2. The average molecular weight is 540 g/mol. The first-order valence-corrected chi connectivity index (χ1v) is 13.6. The van der Waals surface area contributed by atoms with Crippen LogP contribution in [0.25, 0.3) is 16.7 Å². The molecule has 6 aliphatic carbocycles. The molecule has 12 heteroatoms. The molecule has 3 heterocycles. The molecule has 0 atom stereocenters. The molecule has 0 unspecified atom stereocenters. The van der Waals surface area contributed by atoms with Gasteiger partial charge in [0.2, 0.25) is 5.91 Å². The number of benzene rings is 1. The lowest BCUT2D eigenvalue weighted by Crippen LogP contribution is -3.15. The fourth-order valence-electron chi connectivity index (χ4n) is 9.73. The van der Waals surface area contributed by atoms with Gasteiger partial charge in [-0.1, -0.05) is 6.07 Å². The van der Waals surface area contributed by atoms with Crippen molar-refractivity contribution in [2.45, 2.75) is 19.0 Å². The van der Waals surface area contributed by atoms with E-state index in [2.05, 4.69) is 26.0 Å². The zero-order chi connectivity index (χ0) is 27.3. The van der Waals surface area contributed by atoms with E-state index in [-0.39, 0.29) is 40.7 Å². The molecule has 0 saturated heterocycles. The molecule has 0 aliphatic heterocycles. The van der Waals surface area contributed by atoms with E-state index < -0.39 is 11.7 Å². The van der Waals surface area contributed by atoms with Crippen molar-refractivity contribution < 1.29 is 18.8 Å². The number of aromatic nitrogens is 4. The lowest BCUT2D eigenvalue weighted by molar-refractivity contribution is -0.622. The van der Waals surface area contributed by atoms with E-state index in [1.165, 1.54) is 15.1 Å². The quantitative estimate of drug-likeness (QED) is 0.309. The third-order valence-corrected chi connectivity index (χ3v) is 10.9. The molecule has 0 bridgehead atoms. The van der Waals surface area contributed by atoms with Gasteiger partial charge in [0.1, 0.15) is 11.4 Å². The van der Waals surface area contributed by atoms with Crippen molar-refractivity contribution in [3.8, 4) is 0 Å². The molecule has 3 N–H and O–H groups in total. The van der Waals surface area contributed by atoms with Crippen molar-refractivity contribution in [1.29, 1.82) is 0 Å². The Bertz CT molecular complexity index is 1860. The predicted molar refractivity (Wildman–Crippen MR) is 138 cm³/mol. The summed E-state index contributed by atoms with van der Waals surface area (Å²) in [6.45, 7) is 2.41. The summed E-state index contributed by atoms with van der Waals surface area (Å²) in [6, 6.07) is 8.38. The van der Waals surface area contributed by atoms with Crippen LogP contribution in [0.5, 0.6) is 0 Å². The second-order valence-electron chi connectivity index (χ2n) is 12.1. The van der Waals surface area contributed by atoms with Gasteiger partial charge in [0.15, 0.2) is 11.2 Å². The third-order valence-electron chi connectivity index (χ3n) is 10.9. The van der Waals surface area contributed by atoms with Crippen LogP contribution in [-0.2, 0) is 18.4 Å². The highest BCUT2D eigenvalue weighted by molar-refractivity contribution is 5.98. The van der Waals surface area contributed by atoms with Crippen LogP contribution >= 0.6 is 0 Å². The Hall–Kier alpha value is -4.48. The van der Waals surface area contributed by atoms with Crippen LogP contribution in [0.15, 0.2) is 45.7 Å². The summed E-state index contributed by atoms with van der Waals surface area (Å²) in [4.78, 5) is 54.3. The van der Waals surface area contributed by atoms with Gasteiger partial charge >= 0.3 is 5.76 Å². The molecule has 0 radical (unpaired) electrons. The smallest absolute Gasteiger partial charge is 0.408 e. The average Bonchev–Trinajstić information content (AvgIpc) is 3.54. The molecule has 40 heavy (non-hydrogen) atoms. The number of rotatable bonds is 7. The Morgan fingerprint density at radius 3 is 2.48 bits per heavy atom. The zero-order valence-electron chi connectivity index (χ0n) is 21.7. The molecule has 12 nitrogen and oxygen atoms in total. The minimum Gasteiger partial charge on any atom is -0.408 e. The molecule has 10 rings (SSSR count). The van der Waals surface area contributed by atoms with E-state index in [1.807, 2.05) is 0 Å². The highest BCUT2D eigenvalue weighted by Gasteiger charge is 3.09. The molecular formula is C28H25N7O5. The predicted octanol–water partition coefficient (Wildman–Crippen LogP) is 0.461. The van der Waals surface area contributed by atoms with Crippen molar-refractivity contribution in [2.24, 2.45) is 48.0 Å². The number of carbonyl (C=O) groups is 3. The SMILES string of the molecule is CC(=O)NC12C3C4C1C1C2C3C41CNC(=O)c1cc(C(=O)NCc2ccc3oc(=O)n(C)c3c2)nc2ccnn12. The summed E-state index contributed by atoms with van der Waals surface area (Å²) < 4.78 is 8.02. The maximum Gasteiger partial charge on any atom is 0.419 e. The van der Waals surface area contributed by atoms with Crippen LogP contribution in [0, 0.1) is 40.9 Å². The van der Waals surface area contributed by atoms with Gasteiger partial charge in [0.25, 0.3) is 11.8 Å². The maximum absolute atomic E-state index is 13.4. The Morgan fingerprint density at radius 1 is 1.00 bits per heavy atom. The van der Waals surface area contributed by atoms with Gasteiger partial charge in [0.05, 0.1) is 17.3 Å². The summed E-state index contributed by atoms with van der Waals surface area (Å²) in [5.41, 5.74) is 2.93. The molecule has 3 aromatic heterocycles. The van der Waals surface area contributed by atoms with Gasteiger partial charge in [0, 0.05) is 39.2 Å². The standard InChI is InChI=1S/C28H25N7O5/c1-11(36)33-28-21-18-22(28)20-23(28)19(21)27(18,20)10-30-25(38)15-8-13(32-17-5-6-31-35(15)17)24(37)29-9-12-3-4-16-14(7-12)34(2)26(39)40-16/h3-8,18-23H,9-10H2,1-2H3,(H,29,37)(H,30,38)(H,33,36). The van der Waals surface area contributed by atoms with E-state index in [4.69, 9.17) is 4.42 Å². The monoisotopic (exact) mass is 539 g/mol. The van der Waals surface area contributed by atoms with Crippen molar-refractivity contribution in [2.75, 3.05) is 6.54 Å². The highest BCUT2D eigenvalue weighted by Crippen LogP contribution is 3.06. The van der Waals surface area contributed by atoms with Gasteiger partial charge in [-0.05, 0) is 58.6 Å². The first kappa shape index (κ1) is 22.3. The summed E-state index contributed by atoms with van der Waals surface area (Å²) in [5.74, 6) is 2.46. The Balaban J connectivity index is 0.908. The van der Waals surface area contributed by atoms with Crippen LogP contribution in [0.4, 0.5) is 0 Å². The Labute approximate surface area is 226 Å². The number of oxazole rings is 1. The largest absolute Gasteiger partial charge is 0.419 e. The number of hydrogen-bond donors (Lipinski definition) is 3. The first-order valence-electron chi connectivity index (χ1n) is 13.6. The summed E-state index contributed by atoms with van der Waals surface area (Å²) in [5, 5.41) is 13.5. The van der Waals surface area contributed by atoms with E-state index in [1.54, 1.807) is 44.4 Å². The fraction of sp³-hybridized carbons (Fsp3) is 0.429. The molecule has 6 aliphatic rings. The van der Waals surface area contributed by atoms with Gasteiger partial charge in [-0.3, -0.25) is 19.0 Å². The number of aryl methyl sites for hydroxylation is 1. The van der Waals surface area contributed by atoms with Gasteiger partial charge in [-0.25, -0.2) is 14.3 Å². The first-order chi connectivity index (χ1) is 19.3. The molecule has 3 amide bonds. The number of hydrogen-bond acceptors (Lipinski definition) is 7. The van der Waals surface area contributed by atoms with Crippen LogP contribution in [0.1, 0.15) is 33.5 Å². The molecule has 0 spiro atoms. The Kier molecular flexibility index (Phi) is 3.80.